The summed E-state index contributed by atoms with van der Waals surface area (Å²) in [5.74, 6) is 0.134. The summed E-state index contributed by atoms with van der Waals surface area (Å²) in [6.07, 6.45) is 0.458. The van der Waals surface area contributed by atoms with E-state index in [0.717, 1.165) is 11.3 Å². The maximum Gasteiger partial charge on any atom is 0.333 e. The van der Waals surface area contributed by atoms with Crippen LogP contribution in [0.3, 0.4) is 0 Å². The van der Waals surface area contributed by atoms with Crippen molar-refractivity contribution in [1.29, 1.82) is 0 Å². The molecular weight excluding hydrogens is 338 g/mol. The highest BCUT2D eigenvalue weighted by atomic mass is 32.2. The molecule has 2 aromatic rings. The van der Waals surface area contributed by atoms with Crippen LogP contribution in [-0.2, 0) is 16.4 Å². The molecule has 0 unspecified atom stereocenters. The number of anilines is 1. The molecule has 2 amide bonds. The number of hydrogen-bond acceptors (Lipinski definition) is 4. The largest absolute Gasteiger partial charge is 0.333 e. The summed E-state index contributed by atoms with van der Waals surface area (Å²) < 4.78 is 23.1. The van der Waals surface area contributed by atoms with Gasteiger partial charge in [-0.1, -0.05) is 48.5 Å². The Labute approximate surface area is 147 Å². The van der Waals surface area contributed by atoms with Crippen LogP contribution in [0.1, 0.15) is 12.0 Å². The number of hydrazine groups is 1. The van der Waals surface area contributed by atoms with Crippen LogP contribution in [0.25, 0.3) is 0 Å². The summed E-state index contributed by atoms with van der Waals surface area (Å²) in [7, 11) is -3.03. The molecule has 1 saturated heterocycles. The van der Waals surface area contributed by atoms with E-state index < -0.39 is 15.9 Å². The van der Waals surface area contributed by atoms with E-state index in [9.17, 15) is 13.2 Å². The van der Waals surface area contributed by atoms with Gasteiger partial charge in [-0.15, -0.1) is 0 Å². The van der Waals surface area contributed by atoms with Crippen LogP contribution in [0.15, 0.2) is 60.7 Å². The smallest absolute Gasteiger partial charge is 0.333 e. The fourth-order valence-electron chi connectivity index (χ4n) is 2.82. The van der Waals surface area contributed by atoms with Gasteiger partial charge in [0.1, 0.15) is 0 Å². The SMILES string of the molecule is O=C(N[C@H]1CCS(=O)(=O)C1)NN(Cc1ccccc1)c1ccccc1. The Morgan fingerprint density at radius 3 is 2.28 bits per heavy atom. The summed E-state index contributed by atoms with van der Waals surface area (Å²) in [5.41, 5.74) is 4.72. The van der Waals surface area contributed by atoms with E-state index in [1.807, 2.05) is 60.7 Å². The molecule has 0 saturated carbocycles. The summed E-state index contributed by atoms with van der Waals surface area (Å²) in [4.78, 5) is 12.3. The van der Waals surface area contributed by atoms with Gasteiger partial charge in [0, 0.05) is 6.04 Å². The fourth-order valence-corrected chi connectivity index (χ4v) is 4.49. The zero-order valence-electron chi connectivity index (χ0n) is 13.8. The predicted octanol–water partition coefficient (Wildman–Crippen LogP) is 2.09. The molecule has 0 bridgehead atoms. The lowest BCUT2D eigenvalue weighted by Gasteiger charge is -2.26. The van der Waals surface area contributed by atoms with Crippen LogP contribution in [0.5, 0.6) is 0 Å². The third-order valence-electron chi connectivity index (χ3n) is 4.06. The molecule has 2 aromatic carbocycles. The molecule has 2 N–H and O–H groups in total. The van der Waals surface area contributed by atoms with Gasteiger partial charge < -0.3 is 5.32 Å². The van der Waals surface area contributed by atoms with Crippen LogP contribution < -0.4 is 15.8 Å². The van der Waals surface area contributed by atoms with Gasteiger partial charge in [0.2, 0.25) is 0 Å². The maximum absolute atomic E-state index is 12.3. The highest BCUT2D eigenvalue weighted by Crippen LogP contribution is 2.15. The summed E-state index contributed by atoms with van der Waals surface area (Å²) in [6.45, 7) is 0.501. The Bertz CT molecular complexity index is 810. The van der Waals surface area contributed by atoms with Crippen molar-refractivity contribution in [3.8, 4) is 0 Å². The Morgan fingerprint density at radius 1 is 1.04 bits per heavy atom. The second-order valence-electron chi connectivity index (χ2n) is 6.09. The topological polar surface area (TPSA) is 78.5 Å². The minimum absolute atomic E-state index is 0.00441. The highest BCUT2D eigenvalue weighted by Gasteiger charge is 2.29. The Morgan fingerprint density at radius 2 is 1.68 bits per heavy atom. The third kappa shape index (κ3) is 4.96. The van der Waals surface area contributed by atoms with Crippen molar-refractivity contribution in [1.82, 2.24) is 10.7 Å². The second kappa shape index (κ2) is 7.57. The molecule has 3 rings (SSSR count). The molecule has 0 spiro atoms. The molecular formula is C18H21N3O3S. The molecule has 1 fully saturated rings. The fraction of sp³-hybridized carbons (Fsp3) is 0.278. The maximum atomic E-state index is 12.3. The van der Waals surface area contributed by atoms with Crippen LogP contribution in [0, 0.1) is 0 Å². The number of carbonyl (C=O) groups is 1. The zero-order chi connectivity index (χ0) is 17.7. The lowest BCUT2D eigenvalue weighted by atomic mass is 10.2. The summed E-state index contributed by atoms with van der Waals surface area (Å²) in [5, 5.41) is 4.49. The lowest BCUT2D eigenvalue weighted by Crippen LogP contribution is -2.50. The molecule has 0 aromatic heterocycles. The molecule has 0 radical (unpaired) electrons. The quantitative estimate of drug-likeness (QED) is 0.802. The van der Waals surface area contributed by atoms with Gasteiger partial charge in [0.05, 0.1) is 23.7 Å². The van der Waals surface area contributed by atoms with Crippen LogP contribution in [-0.4, -0.2) is 32.0 Å². The first kappa shape index (κ1) is 17.3. The van der Waals surface area contributed by atoms with E-state index in [-0.39, 0.29) is 17.5 Å². The Kier molecular flexibility index (Phi) is 5.23. The number of carbonyl (C=O) groups excluding carboxylic acids is 1. The van der Waals surface area contributed by atoms with Crippen molar-refractivity contribution in [3.63, 3.8) is 0 Å². The number of sulfone groups is 1. The number of para-hydroxylation sites is 1. The van der Waals surface area contributed by atoms with E-state index in [1.165, 1.54) is 0 Å². The third-order valence-corrected chi connectivity index (χ3v) is 5.82. The predicted molar refractivity (Wildman–Crippen MR) is 97.8 cm³/mol. The number of hydrogen-bond donors (Lipinski definition) is 2. The van der Waals surface area contributed by atoms with Crippen LogP contribution in [0.4, 0.5) is 10.5 Å². The molecule has 0 aliphatic carbocycles. The zero-order valence-corrected chi connectivity index (χ0v) is 14.6. The number of nitrogens with one attached hydrogen (secondary N) is 2. The standard InChI is InChI=1S/C18H21N3O3S/c22-18(19-16-11-12-25(23,24)14-16)20-21(17-9-5-2-6-10-17)13-15-7-3-1-4-8-15/h1-10,16H,11-14H2,(H2,19,20,22)/t16-/m0/s1. The van der Waals surface area contributed by atoms with Gasteiger partial charge in [-0.25, -0.2) is 18.6 Å². The normalized spacial score (nSPS) is 18.5. The monoisotopic (exact) mass is 359 g/mol. The van der Waals surface area contributed by atoms with E-state index in [2.05, 4.69) is 10.7 Å². The minimum Gasteiger partial charge on any atom is -0.333 e. The second-order valence-corrected chi connectivity index (χ2v) is 8.32. The first-order valence-corrected chi connectivity index (χ1v) is 9.98. The van der Waals surface area contributed by atoms with Crippen molar-refractivity contribution in [3.05, 3.63) is 66.2 Å². The van der Waals surface area contributed by atoms with Crippen molar-refractivity contribution >= 4 is 21.6 Å². The summed E-state index contributed by atoms with van der Waals surface area (Å²) in [6, 6.07) is 18.6. The number of urea groups is 1. The van der Waals surface area contributed by atoms with Gasteiger partial charge in [-0.2, -0.15) is 0 Å². The molecule has 1 heterocycles. The Balaban J connectivity index is 1.68. The molecule has 7 heteroatoms. The van der Waals surface area contributed by atoms with E-state index in [4.69, 9.17) is 0 Å². The molecule has 1 aliphatic heterocycles. The van der Waals surface area contributed by atoms with Gasteiger partial charge in [-0.05, 0) is 24.1 Å². The molecule has 132 valence electrons. The highest BCUT2D eigenvalue weighted by molar-refractivity contribution is 7.91. The van der Waals surface area contributed by atoms with Crippen molar-refractivity contribution in [2.75, 3.05) is 16.5 Å². The molecule has 6 nitrogen and oxygen atoms in total. The van der Waals surface area contributed by atoms with Gasteiger partial charge in [0.25, 0.3) is 0 Å². The van der Waals surface area contributed by atoms with E-state index in [0.29, 0.717) is 13.0 Å². The van der Waals surface area contributed by atoms with Crippen LogP contribution in [0.2, 0.25) is 0 Å². The number of amides is 2. The number of benzene rings is 2. The Hall–Kier alpha value is -2.54. The van der Waals surface area contributed by atoms with Crippen LogP contribution >= 0.6 is 0 Å². The molecule has 1 atom stereocenters. The first-order valence-electron chi connectivity index (χ1n) is 8.16. The van der Waals surface area contributed by atoms with E-state index in [1.54, 1.807) is 5.01 Å². The lowest BCUT2D eigenvalue weighted by molar-refractivity contribution is 0.237. The first-order chi connectivity index (χ1) is 12.0. The summed E-state index contributed by atoms with van der Waals surface area (Å²) >= 11 is 0. The van der Waals surface area contributed by atoms with Crippen molar-refractivity contribution in [2.45, 2.75) is 19.0 Å². The number of rotatable bonds is 5. The average Bonchev–Trinajstić information content (AvgIpc) is 2.94. The van der Waals surface area contributed by atoms with Gasteiger partial charge in [0.15, 0.2) is 9.84 Å². The van der Waals surface area contributed by atoms with Gasteiger partial charge in [-0.3, -0.25) is 5.01 Å². The minimum atomic E-state index is -3.03. The average molecular weight is 359 g/mol. The molecule has 1 aliphatic rings. The van der Waals surface area contributed by atoms with Crippen molar-refractivity contribution < 1.29 is 13.2 Å². The number of nitrogens with zero attached hydrogens (tertiary/aromatic N) is 1. The van der Waals surface area contributed by atoms with Crippen molar-refractivity contribution in [2.24, 2.45) is 0 Å². The molecule has 25 heavy (non-hydrogen) atoms. The van der Waals surface area contributed by atoms with Gasteiger partial charge >= 0.3 is 6.03 Å². The van der Waals surface area contributed by atoms with E-state index >= 15 is 0 Å².